The number of carbonyl (C=O) groups is 1. The molecule has 3 aromatic heterocycles. The van der Waals surface area contributed by atoms with Gasteiger partial charge in [0.15, 0.2) is 0 Å². The summed E-state index contributed by atoms with van der Waals surface area (Å²) in [6, 6.07) is 12.1. The normalized spacial score (nSPS) is 11.1. The van der Waals surface area contributed by atoms with Gasteiger partial charge in [0.05, 0.1) is 0 Å². The first-order chi connectivity index (χ1) is 16.7. The highest BCUT2D eigenvalue weighted by Gasteiger charge is 2.17. The Bertz CT molecular complexity index is 1200. The van der Waals surface area contributed by atoms with Crippen molar-refractivity contribution in [3.05, 3.63) is 59.8 Å². The highest BCUT2D eigenvalue weighted by molar-refractivity contribution is 5.92. The standard InChI is InChI=1S/C25H30N8O/c1-3-5-7-16-33-22(27-24(30-33)21(34)10-6-4-2)17-18-11-13-19(14-12-18)20-9-8-15-26-23(20)25-28-31-32-29-25/h8-9,11-15H,3-7,10,16-17H2,1-2H3,(H,28,29,31,32). The topological polar surface area (TPSA) is 115 Å². The number of aromatic amines is 1. The molecule has 0 radical (unpaired) electrons. The molecule has 0 bridgehead atoms. The van der Waals surface area contributed by atoms with E-state index in [1.807, 2.05) is 16.8 Å². The number of unbranched alkanes of at least 4 members (excludes halogenated alkanes) is 3. The van der Waals surface area contributed by atoms with Crippen LogP contribution < -0.4 is 0 Å². The monoisotopic (exact) mass is 458 g/mol. The summed E-state index contributed by atoms with van der Waals surface area (Å²) in [5.74, 6) is 1.66. The van der Waals surface area contributed by atoms with Crippen molar-refractivity contribution >= 4 is 5.78 Å². The predicted octanol–water partition coefficient (Wildman–Crippen LogP) is 4.67. The van der Waals surface area contributed by atoms with E-state index in [2.05, 4.69) is 73.8 Å². The van der Waals surface area contributed by atoms with Crippen LogP contribution in [0.25, 0.3) is 22.6 Å². The molecule has 4 aromatic rings. The number of H-pyrrole nitrogens is 1. The first-order valence-electron chi connectivity index (χ1n) is 11.9. The molecule has 0 aliphatic carbocycles. The molecule has 0 saturated heterocycles. The maximum absolute atomic E-state index is 12.5. The van der Waals surface area contributed by atoms with E-state index in [1.165, 1.54) is 0 Å². The van der Waals surface area contributed by atoms with Gasteiger partial charge in [-0.15, -0.1) is 15.3 Å². The van der Waals surface area contributed by atoms with Crippen molar-refractivity contribution in [2.24, 2.45) is 0 Å². The molecule has 34 heavy (non-hydrogen) atoms. The zero-order valence-electron chi connectivity index (χ0n) is 19.7. The van der Waals surface area contributed by atoms with Crippen LogP contribution in [0.4, 0.5) is 0 Å². The molecule has 0 aliphatic heterocycles. The third-order valence-corrected chi connectivity index (χ3v) is 5.72. The average molecular weight is 459 g/mol. The molecule has 1 N–H and O–H groups in total. The number of hydrogen-bond acceptors (Lipinski definition) is 7. The summed E-state index contributed by atoms with van der Waals surface area (Å²) >= 11 is 0. The smallest absolute Gasteiger partial charge is 0.223 e. The second-order valence-corrected chi connectivity index (χ2v) is 8.32. The minimum Gasteiger partial charge on any atom is -0.291 e. The van der Waals surface area contributed by atoms with Gasteiger partial charge in [-0.05, 0) is 35.2 Å². The molecule has 1 aromatic carbocycles. The largest absolute Gasteiger partial charge is 0.291 e. The highest BCUT2D eigenvalue weighted by Crippen LogP contribution is 2.28. The average Bonchev–Trinajstić information content (AvgIpc) is 3.54. The number of hydrogen-bond donors (Lipinski definition) is 1. The molecule has 0 atom stereocenters. The van der Waals surface area contributed by atoms with Crippen LogP contribution in [-0.4, -0.2) is 46.2 Å². The first-order valence-corrected chi connectivity index (χ1v) is 11.9. The number of nitrogens with zero attached hydrogens (tertiary/aromatic N) is 7. The van der Waals surface area contributed by atoms with Crippen LogP contribution in [0.2, 0.25) is 0 Å². The summed E-state index contributed by atoms with van der Waals surface area (Å²) in [4.78, 5) is 21.6. The molecular formula is C25H30N8O. The fourth-order valence-corrected chi connectivity index (χ4v) is 3.83. The van der Waals surface area contributed by atoms with Gasteiger partial charge < -0.3 is 0 Å². The fourth-order valence-electron chi connectivity index (χ4n) is 3.83. The van der Waals surface area contributed by atoms with Gasteiger partial charge in [0.1, 0.15) is 11.5 Å². The van der Waals surface area contributed by atoms with Crippen molar-refractivity contribution in [3.63, 3.8) is 0 Å². The Balaban J connectivity index is 1.55. The van der Waals surface area contributed by atoms with Crippen molar-refractivity contribution in [1.82, 2.24) is 40.4 Å². The Hall–Kier alpha value is -3.75. The van der Waals surface area contributed by atoms with Crippen LogP contribution in [0.3, 0.4) is 0 Å². The lowest BCUT2D eigenvalue weighted by Gasteiger charge is -2.08. The van der Waals surface area contributed by atoms with Crippen LogP contribution >= 0.6 is 0 Å². The molecule has 4 rings (SSSR count). The summed E-state index contributed by atoms with van der Waals surface area (Å²) in [6.07, 6.45) is 7.95. The van der Waals surface area contributed by atoms with E-state index < -0.39 is 0 Å². The number of carbonyl (C=O) groups excluding carboxylic acids is 1. The summed E-state index contributed by atoms with van der Waals surface area (Å²) in [6.45, 7) is 5.03. The van der Waals surface area contributed by atoms with E-state index in [4.69, 9.17) is 0 Å². The van der Waals surface area contributed by atoms with Gasteiger partial charge in [0, 0.05) is 31.1 Å². The van der Waals surface area contributed by atoms with Crippen molar-refractivity contribution in [2.75, 3.05) is 0 Å². The van der Waals surface area contributed by atoms with Gasteiger partial charge in [0.25, 0.3) is 0 Å². The molecule has 3 heterocycles. The van der Waals surface area contributed by atoms with Crippen LogP contribution in [-0.2, 0) is 13.0 Å². The summed E-state index contributed by atoms with van der Waals surface area (Å²) in [5, 5.41) is 18.8. The number of tetrazole rings is 1. The number of benzene rings is 1. The van der Waals surface area contributed by atoms with Gasteiger partial charge in [0.2, 0.25) is 17.4 Å². The molecule has 0 fully saturated rings. The first kappa shape index (κ1) is 23.4. The van der Waals surface area contributed by atoms with E-state index in [1.54, 1.807) is 6.20 Å². The van der Waals surface area contributed by atoms with E-state index in [0.717, 1.165) is 61.2 Å². The van der Waals surface area contributed by atoms with Crippen LogP contribution in [0.1, 0.15) is 74.4 Å². The highest BCUT2D eigenvalue weighted by atomic mass is 16.1. The maximum Gasteiger partial charge on any atom is 0.223 e. The van der Waals surface area contributed by atoms with Crippen molar-refractivity contribution in [1.29, 1.82) is 0 Å². The Labute approximate surface area is 199 Å². The van der Waals surface area contributed by atoms with E-state index in [-0.39, 0.29) is 5.78 Å². The number of aromatic nitrogens is 8. The number of nitrogens with one attached hydrogen (secondary N) is 1. The van der Waals surface area contributed by atoms with E-state index >= 15 is 0 Å². The maximum atomic E-state index is 12.5. The van der Waals surface area contributed by atoms with E-state index in [0.29, 0.717) is 30.2 Å². The molecule has 9 heteroatoms. The third kappa shape index (κ3) is 5.59. The molecule has 0 aliphatic rings. The van der Waals surface area contributed by atoms with Gasteiger partial charge in [-0.25, -0.2) is 9.67 Å². The van der Waals surface area contributed by atoms with Crippen molar-refractivity contribution < 1.29 is 4.79 Å². The molecule has 0 unspecified atom stereocenters. The van der Waals surface area contributed by atoms with Gasteiger partial charge in [-0.1, -0.05) is 63.4 Å². The van der Waals surface area contributed by atoms with Gasteiger partial charge >= 0.3 is 0 Å². The number of rotatable bonds is 12. The lowest BCUT2D eigenvalue weighted by atomic mass is 10.0. The molecule has 0 spiro atoms. The molecule has 0 saturated carbocycles. The molecule has 0 amide bonds. The Morgan fingerprint density at radius 2 is 1.85 bits per heavy atom. The Kier molecular flexibility index (Phi) is 7.85. The second-order valence-electron chi connectivity index (χ2n) is 8.32. The SMILES string of the molecule is CCCCCn1nc(C(=O)CCCC)nc1Cc1ccc(-c2cccnc2-c2nn[nH]n2)cc1. The van der Waals surface area contributed by atoms with Crippen molar-refractivity contribution in [3.8, 4) is 22.6 Å². The summed E-state index contributed by atoms with van der Waals surface area (Å²) in [7, 11) is 0. The number of ketones is 1. The van der Waals surface area contributed by atoms with Gasteiger partial charge in [-0.2, -0.15) is 5.21 Å². The fraction of sp³-hybridized carbons (Fsp3) is 0.400. The second kappa shape index (κ2) is 11.4. The Morgan fingerprint density at radius 3 is 2.59 bits per heavy atom. The molecule has 176 valence electrons. The van der Waals surface area contributed by atoms with Crippen LogP contribution in [0.15, 0.2) is 42.6 Å². The van der Waals surface area contributed by atoms with Crippen LogP contribution in [0, 0.1) is 0 Å². The zero-order valence-corrected chi connectivity index (χ0v) is 19.7. The summed E-state index contributed by atoms with van der Waals surface area (Å²) in [5.41, 5.74) is 3.72. The van der Waals surface area contributed by atoms with E-state index in [9.17, 15) is 4.79 Å². The third-order valence-electron chi connectivity index (χ3n) is 5.72. The summed E-state index contributed by atoms with van der Waals surface area (Å²) < 4.78 is 1.91. The lowest BCUT2D eigenvalue weighted by molar-refractivity contribution is 0.0969. The van der Waals surface area contributed by atoms with Crippen LogP contribution in [0.5, 0.6) is 0 Å². The predicted molar refractivity (Wildman–Crippen MR) is 129 cm³/mol. The van der Waals surface area contributed by atoms with Crippen molar-refractivity contribution in [2.45, 2.75) is 65.3 Å². The zero-order chi connectivity index (χ0) is 23.8. The quantitative estimate of drug-likeness (QED) is 0.242. The number of Topliss-reactive ketones (excluding diaryl/α,β-unsaturated/α-hetero) is 1. The Morgan fingerprint density at radius 1 is 1.03 bits per heavy atom. The van der Waals surface area contributed by atoms with Gasteiger partial charge in [-0.3, -0.25) is 9.78 Å². The number of aryl methyl sites for hydroxylation is 1. The minimum atomic E-state index is 0.0262. The lowest BCUT2D eigenvalue weighted by Crippen LogP contribution is -2.07. The number of pyridine rings is 1. The molecular weight excluding hydrogens is 428 g/mol. The minimum absolute atomic E-state index is 0.0262. The molecule has 9 nitrogen and oxygen atoms in total.